The van der Waals surface area contributed by atoms with Crippen LogP contribution in [0.2, 0.25) is 0 Å². The first-order chi connectivity index (χ1) is 7.31. The summed E-state index contributed by atoms with van der Waals surface area (Å²) in [5.74, 6) is -0.615. The number of hydrogen-bond acceptors (Lipinski definition) is 3. The summed E-state index contributed by atoms with van der Waals surface area (Å²) in [6.45, 7) is 2.67. The van der Waals surface area contributed by atoms with E-state index in [1.165, 1.54) is 0 Å². The van der Waals surface area contributed by atoms with Gasteiger partial charge in [-0.05, 0) is 6.92 Å². The van der Waals surface area contributed by atoms with E-state index in [1.54, 1.807) is 6.92 Å². The summed E-state index contributed by atoms with van der Waals surface area (Å²) in [6.07, 6.45) is -6.41. The molecule has 0 aromatic rings. The third kappa shape index (κ3) is 11.3. The molecule has 96 valence electrons. The summed E-state index contributed by atoms with van der Waals surface area (Å²) < 4.78 is 35.2. The van der Waals surface area contributed by atoms with Gasteiger partial charge in [0.2, 0.25) is 5.91 Å². The Balaban J connectivity index is 3.38. The highest BCUT2D eigenvalue weighted by Gasteiger charge is 2.27. The molecule has 0 aromatic heterocycles. The van der Waals surface area contributed by atoms with Crippen LogP contribution in [0.15, 0.2) is 0 Å². The quantitative estimate of drug-likeness (QED) is 0.567. The van der Waals surface area contributed by atoms with Crippen molar-refractivity contribution < 1.29 is 23.1 Å². The highest BCUT2D eigenvalue weighted by Crippen LogP contribution is 2.20. The second-order valence-corrected chi connectivity index (χ2v) is 3.52. The molecule has 0 aromatic carbocycles. The van der Waals surface area contributed by atoms with Crippen molar-refractivity contribution in [1.29, 1.82) is 0 Å². The van der Waals surface area contributed by atoms with Crippen LogP contribution in [0.5, 0.6) is 0 Å². The van der Waals surface area contributed by atoms with E-state index >= 15 is 0 Å². The van der Waals surface area contributed by atoms with Crippen LogP contribution in [0, 0.1) is 0 Å². The van der Waals surface area contributed by atoms with Gasteiger partial charge in [0.15, 0.2) is 0 Å². The topological polar surface area (TPSA) is 61.4 Å². The maximum absolute atomic E-state index is 11.7. The third-order valence-corrected chi connectivity index (χ3v) is 1.70. The first-order valence-electron chi connectivity index (χ1n) is 5.03. The molecule has 0 saturated carbocycles. The number of carbonyl (C=O) groups is 1. The van der Waals surface area contributed by atoms with Gasteiger partial charge in [-0.25, -0.2) is 0 Å². The van der Waals surface area contributed by atoms with Crippen LogP contribution < -0.4 is 10.6 Å². The van der Waals surface area contributed by atoms with E-state index in [4.69, 9.17) is 5.11 Å². The SMILES string of the molecule is CC(O)CNCCNC(=O)CCC(F)(F)F. The molecule has 7 heteroatoms. The standard InChI is InChI=1S/C9H17F3N2O2/c1-7(15)6-13-4-5-14-8(16)2-3-9(10,11)12/h7,13,15H,2-6H2,1H3,(H,14,16). The van der Waals surface area contributed by atoms with Gasteiger partial charge in [-0.15, -0.1) is 0 Å². The Morgan fingerprint density at radius 3 is 2.50 bits per heavy atom. The summed E-state index contributed by atoms with van der Waals surface area (Å²) in [4.78, 5) is 10.9. The third-order valence-electron chi connectivity index (χ3n) is 1.70. The van der Waals surface area contributed by atoms with E-state index in [9.17, 15) is 18.0 Å². The van der Waals surface area contributed by atoms with Crippen LogP contribution in [0.25, 0.3) is 0 Å². The molecule has 0 aliphatic carbocycles. The second-order valence-electron chi connectivity index (χ2n) is 3.52. The predicted molar refractivity (Wildman–Crippen MR) is 52.8 cm³/mol. The van der Waals surface area contributed by atoms with Gasteiger partial charge in [0.05, 0.1) is 12.5 Å². The highest BCUT2D eigenvalue weighted by atomic mass is 19.4. The summed E-state index contributed by atoms with van der Waals surface area (Å²) in [7, 11) is 0. The lowest BCUT2D eigenvalue weighted by Gasteiger charge is -2.09. The minimum atomic E-state index is -4.29. The summed E-state index contributed by atoms with van der Waals surface area (Å²) in [6, 6.07) is 0. The Morgan fingerprint density at radius 2 is 2.00 bits per heavy atom. The maximum Gasteiger partial charge on any atom is 0.389 e. The average Bonchev–Trinajstić information content (AvgIpc) is 2.12. The lowest BCUT2D eigenvalue weighted by atomic mass is 10.3. The van der Waals surface area contributed by atoms with Crippen molar-refractivity contribution in [1.82, 2.24) is 10.6 Å². The molecule has 0 fully saturated rings. The number of aliphatic hydroxyl groups is 1. The summed E-state index contributed by atoms with van der Waals surface area (Å²) >= 11 is 0. The molecule has 4 nitrogen and oxygen atoms in total. The molecule has 0 heterocycles. The number of carbonyl (C=O) groups excluding carboxylic acids is 1. The lowest BCUT2D eigenvalue weighted by molar-refractivity contribution is -0.144. The van der Waals surface area contributed by atoms with Crippen molar-refractivity contribution in [3.63, 3.8) is 0 Å². The average molecular weight is 242 g/mol. The van der Waals surface area contributed by atoms with Crippen molar-refractivity contribution in [2.75, 3.05) is 19.6 Å². The first-order valence-corrected chi connectivity index (χ1v) is 5.03. The van der Waals surface area contributed by atoms with Gasteiger partial charge in [-0.1, -0.05) is 0 Å². The molecule has 0 bridgehead atoms. The zero-order chi connectivity index (χ0) is 12.6. The van der Waals surface area contributed by atoms with Crippen LogP contribution in [0.1, 0.15) is 19.8 Å². The van der Waals surface area contributed by atoms with Crippen molar-refractivity contribution in [3.8, 4) is 0 Å². The predicted octanol–water partition coefficient (Wildman–Crippen LogP) is 0.415. The molecular weight excluding hydrogens is 225 g/mol. The number of aliphatic hydroxyl groups excluding tert-OH is 1. The Hall–Kier alpha value is -0.820. The normalized spacial score (nSPS) is 13.6. The molecule has 0 radical (unpaired) electrons. The van der Waals surface area contributed by atoms with Crippen LogP contribution >= 0.6 is 0 Å². The van der Waals surface area contributed by atoms with Crippen LogP contribution in [0.3, 0.4) is 0 Å². The van der Waals surface area contributed by atoms with Crippen molar-refractivity contribution in [2.24, 2.45) is 0 Å². The molecule has 1 unspecified atom stereocenters. The van der Waals surface area contributed by atoms with Crippen molar-refractivity contribution in [3.05, 3.63) is 0 Å². The minimum absolute atomic E-state index is 0.253. The van der Waals surface area contributed by atoms with E-state index in [0.29, 0.717) is 13.1 Å². The van der Waals surface area contributed by atoms with Gasteiger partial charge in [0, 0.05) is 26.1 Å². The summed E-state index contributed by atoms with van der Waals surface area (Å²) in [5.41, 5.74) is 0. The molecule has 1 amide bonds. The fourth-order valence-corrected chi connectivity index (χ4v) is 0.945. The van der Waals surface area contributed by atoms with Crippen molar-refractivity contribution in [2.45, 2.75) is 32.0 Å². The summed E-state index contributed by atoms with van der Waals surface area (Å²) in [5, 5.41) is 14.0. The number of amides is 1. The lowest BCUT2D eigenvalue weighted by Crippen LogP contribution is -2.34. The van der Waals surface area contributed by atoms with Crippen LogP contribution in [-0.4, -0.2) is 42.9 Å². The molecule has 3 N–H and O–H groups in total. The van der Waals surface area contributed by atoms with E-state index in [2.05, 4.69) is 10.6 Å². The first kappa shape index (κ1) is 15.2. The molecule has 0 spiro atoms. The van der Waals surface area contributed by atoms with Crippen molar-refractivity contribution >= 4 is 5.91 Å². The van der Waals surface area contributed by atoms with E-state index < -0.39 is 31.0 Å². The van der Waals surface area contributed by atoms with Gasteiger partial charge in [0.1, 0.15) is 0 Å². The van der Waals surface area contributed by atoms with E-state index in [0.717, 1.165) is 0 Å². The molecule has 0 saturated heterocycles. The number of nitrogens with one attached hydrogen (secondary N) is 2. The van der Waals surface area contributed by atoms with Gasteiger partial charge in [-0.3, -0.25) is 4.79 Å². The molecule has 1 atom stereocenters. The number of hydrogen-bond donors (Lipinski definition) is 3. The fraction of sp³-hybridized carbons (Fsp3) is 0.889. The van der Waals surface area contributed by atoms with Gasteiger partial charge < -0.3 is 15.7 Å². The van der Waals surface area contributed by atoms with Crippen LogP contribution in [-0.2, 0) is 4.79 Å². The zero-order valence-electron chi connectivity index (χ0n) is 9.10. The molecule has 0 aliphatic heterocycles. The number of halogens is 3. The molecule has 0 rings (SSSR count). The van der Waals surface area contributed by atoms with Gasteiger partial charge in [-0.2, -0.15) is 13.2 Å². The second kappa shape index (κ2) is 7.45. The van der Waals surface area contributed by atoms with Crippen LogP contribution in [0.4, 0.5) is 13.2 Å². The number of alkyl halides is 3. The molecular formula is C9H17F3N2O2. The van der Waals surface area contributed by atoms with E-state index in [-0.39, 0.29) is 6.54 Å². The largest absolute Gasteiger partial charge is 0.392 e. The maximum atomic E-state index is 11.7. The Bertz CT molecular complexity index is 207. The zero-order valence-corrected chi connectivity index (χ0v) is 9.10. The Labute approximate surface area is 92.2 Å². The monoisotopic (exact) mass is 242 g/mol. The number of rotatable bonds is 7. The van der Waals surface area contributed by atoms with E-state index in [1.807, 2.05) is 0 Å². The Kier molecular flexibility index (Phi) is 7.07. The van der Waals surface area contributed by atoms with Gasteiger partial charge in [0.25, 0.3) is 0 Å². The minimum Gasteiger partial charge on any atom is -0.392 e. The molecule has 0 aliphatic rings. The molecule has 16 heavy (non-hydrogen) atoms. The fourth-order valence-electron chi connectivity index (χ4n) is 0.945. The highest BCUT2D eigenvalue weighted by molar-refractivity contribution is 5.75. The Morgan fingerprint density at radius 1 is 1.38 bits per heavy atom. The smallest absolute Gasteiger partial charge is 0.389 e. The van der Waals surface area contributed by atoms with Gasteiger partial charge >= 0.3 is 6.18 Å².